The van der Waals surface area contributed by atoms with E-state index in [9.17, 15) is 0 Å². The van der Waals surface area contributed by atoms with Crippen molar-refractivity contribution in [1.29, 1.82) is 0 Å². The van der Waals surface area contributed by atoms with E-state index < -0.39 is 0 Å². The van der Waals surface area contributed by atoms with E-state index in [-0.39, 0.29) is 0 Å². The number of aryl methyl sites for hydroxylation is 1. The second kappa shape index (κ2) is 6.57. The summed E-state index contributed by atoms with van der Waals surface area (Å²) in [5, 5.41) is 3.11. The van der Waals surface area contributed by atoms with Crippen LogP contribution in [0.1, 0.15) is 31.2 Å². The van der Waals surface area contributed by atoms with Gasteiger partial charge >= 0.3 is 0 Å². The minimum atomic E-state index is 0.680. The third-order valence-electron chi connectivity index (χ3n) is 2.93. The van der Waals surface area contributed by atoms with Crippen molar-refractivity contribution in [3.63, 3.8) is 0 Å². The zero-order valence-electron chi connectivity index (χ0n) is 11.5. The van der Waals surface area contributed by atoms with Crippen LogP contribution in [0.5, 0.6) is 5.75 Å². The molecule has 0 bridgehead atoms. The molecular weight excluding hydrogens is 256 g/mol. The van der Waals surface area contributed by atoms with Crippen LogP contribution in [0, 0.1) is 6.92 Å². The third-order valence-corrected chi connectivity index (χ3v) is 3.70. The topological polar surface area (TPSA) is 48.1 Å². The number of nitrogens with zero attached hydrogens (tertiary/aromatic N) is 1. The summed E-state index contributed by atoms with van der Waals surface area (Å²) in [7, 11) is 0. The monoisotopic (exact) mass is 276 g/mol. The maximum Gasteiger partial charge on any atom is 0.142 e. The normalized spacial score (nSPS) is 10.6. The van der Waals surface area contributed by atoms with E-state index in [0.29, 0.717) is 5.69 Å². The van der Waals surface area contributed by atoms with Crippen LogP contribution in [0.3, 0.4) is 0 Å². The number of thiazole rings is 1. The molecule has 0 saturated carbocycles. The van der Waals surface area contributed by atoms with Crippen LogP contribution in [0.25, 0.3) is 11.3 Å². The minimum absolute atomic E-state index is 0.680. The third kappa shape index (κ3) is 3.70. The fraction of sp³-hybridized carbons (Fsp3) is 0.400. The first-order valence-corrected chi connectivity index (χ1v) is 7.53. The molecule has 0 radical (unpaired) electrons. The van der Waals surface area contributed by atoms with Gasteiger partial charge in [-0.1, -0.05) is 19.8 Å². The summed E-state index contributed by atoms with van der Waals surface area (Å²) in [6.07, 6.45) is 3.46. The number of hydrogen-bond donors (Lipinski definition) is 1. The number of aromatic nitrogens is 1. The average Bonchev–Trinajstić information content (AvgIpc) is 2.83. The van der Waals surface area contributed by atoms with Crippen LogP contribution in [0.2, 0.25) is 0 Å². The smallest absolute Gasteiger partial charge is 0.142 e. The molecule has 0 aliphatic carbocycles. The first-order valence-electron chi connectivity index (χ1n) is 6.65. The Morgan fingerprint density at radius 2 is 2.16 bits per heavy atom. The Hall–Kier alpha value is -1.55. The summed E-state index contributed by atoms with van der Waals surface area (Å²) in [6.45, 7) is 4.91. The summed E-state index contributed by atoms with van der Waals surface area (Å²) in [6, 6.07) is 5.88. The molecule has 0 atom stereocenters. The fourth-order valence-corrected chi connectivity index (χ4v) is 2.49. The Morgan fingerprint density at radius 1 is 1.32 bits per heavy atom. The van der Waals surface area contributed by atoms with E-state index in [1.165, 1.54) is 12.8 Å². The van der Waals surface area contributed by atoms with Gasteiger partial charge in [-0.25, -0.2) is 4.98 Å². The van der Waals surface area contributed by atoms with E-state index in [0.717, 1.165) is 35.0 Å². The van der Waals surface area contributed by atoms with Gasteiger partial charge in [-0.3, -0.25) is 0 Å². The molecule has 1 heterocycles. The van der Waals surface area contributed by atoms with Crippen LogP contribution < -0.4 is 10.5 Å². The van der Waals surface area contributed by atoms with Crippen molar-refractivity contribution < 1.29 is 4.74 Å². The molecule has 4 heteroatoms. The van der Waals surface area contributed by atoms with E-state index in [4.69, 9.17) is 10.5 Å². The minimum Gasteiger partial charge on any atom is -0.491 e. The van der Waals surface area contributed by atoms with Gasteiger partial charge < -0.3 is 10.5 Å². The number of ether oxygens (including phenoxy) is 1. The Morgan fingerprint density at radius 3 is 2.79 bits per heavy atom. The number of nitrogen functional groups attached to an aromatic ring is 1. The maximum atomic E-state index is 6.03. The van der Waals surface area contributed by atoms with Crippen LogP contribution in [0.4, 0.5) is 5.69 Å². The van der Waals surface area contributed by atoms with Crippen molar-refractivity contribution in [2.45, 2.75) is 33.1 Å². The van der Waals surface area contributed by atoms with Gasteiger partial charge in [-0.05, 0) is 31.5 Å². The molecule has 0 unspecified atom stereocenters. The fourth-order valence-electron chi connectivity index (χ4n) is 1.87. The van der Waals surface area contributed by atoms with Gasteiger partial charge in [0.25, 0.3) is 0 Å². The number of nitrogens with two attached hydrogens (primary N) is 1. The molecule has 1 aromatic carbocycles. The van der Waals surface area contributed by atoms with Gasteiger partial charge in [-0.2, -0.15) is 0 Å². The quantitative estimate of drug-likeness (QED) is 0.633. The molecule has 0 aliphatic heterocycles. The summed E-state index contributed by atoms with van der Waals surface area (Å²) >= 11 is 1.65. The van der Waals surface area contributed by atoms with Crippen molar-refractivity contribution in [3.05, 3.63) is 28.6 Å². The van der Waals surface area contributed by atoms with Gasteiger partial charge in [0.2, 0.25) is 0 Å². The summed E-state index contributed by atoms with van der Waals surface area (Å²) in [4.78, 5) is 4.46. The van der Waals surface area contributed by atoms with Gasteiger partial charge in [0, 0.05) is 10.9 Å². The Balaban J connectivity index is 2.04. The summed E-state index contributed by atoms with van der Waals surface area (Å²) in [5.41, 5.74) is 8.73. The Kier molecular flexibility index (Phi) is 4.80. The number of benzene rings is 1. The highest BCUT2D eigenvalue weighted by Gasteiger charge is 2.06. The predicted octanol–water partition coefficient (Wildman–Crippen LogP) is 4.27. The summed E-state index contributed by atoms with van der Waals surface area (Å²) < 4.78 is 5.69. The molecule has 0 saturated heterocycles. The Bertz CT molecular complexity index is 537. The zero-order chi connectivity index (χ0) is 13.7. The molecule has 102 valence electrons. The highest BCUT2D eigenvalue weighted by atomic mass is 32.1. The zero-order valence-corrected chi connectivity index (χ0v) is 12.3. The first-order chi connectivity index (χ1) is 9.20. The molecule has 0 spiro atoms. The van der Waals surface area contributed by atoms with E-state index in [2.05, 4.69) is 11.9 Å². The maximum absolute atomic E-state index is 6.03. The summed E-state index contributed by atoms with van der Waals surface area (Å²) in [5.74, 6) is 0.770. The van der Waals surface area contributed by atoms with Crippen molar-refractivity contribution in [2.75, 3.05) is 12.3 Å². The van der Waals surface area contributed by atoms with Crippen molar-refractivity contribution in [1.82, 2.24) is 4.98 Å². The molecule has 2 rings (SSSR count). The second-order valence-corrected chi connectivity index (χ2v) is 5.62. The van der Waals surface area contributed by atoms with Crippen LogP contribution in [-0.2, 0) is 0 Å². The van der Waals surface area contributed by atoms with Gasteiger partial charge in [-0.15, -0.1) is 11.3 Å². The van der Waals surface area contributed by atoms with Crippen molar-refractivity contribution in [3.8, 4) is 17.0 Å². The van der Waals surface area contributed by atoms with E-state index >= 15 is 0 Å². The van der Waals surface area contributed by atoms with Gasteiger partial charge in [0.05, 0.1) is 23.0 Å². The molecule has 1 aromatic heterocycles. The molecule has 0 aliphatic rings. The Labute approximate surface area is 118 Å². The number of rotatable bonds is 6. The molecule has 3 nitrogen and oxygen atoms in total. The second-order valence-electron chi connectivity index (χ2n) is 4.56. The average molecular weight is 276 g/mol. The molecular formula is C15H20N2OS. The highest BCUT2D eigenvalue weighted by molar-refractivity contribution is 7.09. The number of anilines is 1. The lowest BCUT2D eigenvalue weighted by atomic mass is 10.1. The number of hydrogen-bond acceptors (Lipinski definition) is 4. The standard InChI is InChI=1S/C15H20N2OS/c1-3-4-5-8-18-15-7-6-12(9-13(15)16)14-10-19-11(2)17-14/h6-7,9-10H,3-5,8,16H2,1-2H3. The first kappa shape index (κ1) is 13.9. The molecule has 0 amide bonds. The van der Waals surface area contributed by atoms with Crippen molar-refractivity contribution >= 4 is 17.0 Å². The lowest BCUT2D eigenvalue weighted by Gasteiger charge is -2.09. The van der Waals surface area contributed by atoms with Gasteiger partial charge in [0.1, 0.15) is 5.75 Å². The highest BCUT2D eigenvalue weighted by Crippen LogP contribution is 2.29. The lowest BCUT2D eigenvalue weighted by Crippen LogP contribution is -2.00. The molecule has 19 heavy (non-hydrogen) atoms. The predicted molar refractivity (Wildman–Crippen MR) is 81.7 cm³/mol. The number of unbranched alkanes of at least 4 members (excludes halogenated alkanes) is 2. The molecule has 2 N–H and O–H groups in total. The van der Waals surface area contributed by atoms with E-state index in [1.54, 1.807) is 11.3 Å². The molecule has 2 aromatic rings. The molecule has 0 fully saturated rings. The van der Waals surface area contributed by atoms with Crippen LogP contribution in [0.15, 0.2) is 23.6 Å². The van der Waals surface area contributed by atoms with Crippen LogP contribution in [-0.4, -0.2) is 11.6 Å². The van der Waals surface area contributed by atoms with Gasteiger partial charge in [0.15, 0.2) is 0 Å². The van der Waals surface area contributed by atoms with Crippen LogP contribution >= 0.6 is 11.3 Å². The van der Waals surface area contributed by atoms with Crippen molar-refractivity contribution in [2.24, 2.45) is 0 Å². The SMILES string of the molecule is CCCCCOc1ccc(-c2csc(C)n2)cc1N. The van der Waals surface area contributed by atoms with E-state index in [1.807, 2.05) is 30.5 Å². The largest absolute Gasteiger partial charge is 0.491 e. The lowest BCUT2D eigenvalue weighted by molar-refractivity contribution is 0.308.